The lowest BCUT2D eigenvalue weighted by atomic mass is 9.94. The Kier molecular flexibility index (Phi) is 4.02. The molecule has 72 valence electrons. The van der Waals surface area contributed by atoms with Crippen molar-refractivity contribution in [2.75, 3.05) is 6.54 Å². The molecule has 1 rings (SSSR count). The van der Waals surface area contributed by atoms with Crippen LogP contribution in [0.4, 0.5) is 0 Å². The standard InChI is InChI=1S/C10H21NO/c1-8(2)10(12)7-9-5-3-4-6-11-9/h8-12H,3-7H2,1-2H3. The minimum atomic E-state index is -0.124. The van der Waals surface area contributed by atoms with E-state index in [2.05, 4.69) is 19.2 Å². The third-order valence-corrected chi connectivity index (χ3v) is 2.71. The van der Waals surface area contributed by atoms with E-state index in [4.69, 9.17) is 0 Å². The van der Waals surface area contributed by atoms with E-state index < -0.39 is 0 Å². The molecule has 1 fully saturated rings. The van der Waals surface area contributed by atoms with Crippen molar-refractivity contribution in [1.82, 2.24) is 5.32 Å². The van der Waals surface area contributed by atoms with Gasteiger partial charge in [-0.25, -0.2) is 0 Å². The van der Waals surface area contributed by atoms with E-state index in [1.165, 1.54) is 19.3 Å². The zero-order valence-electron chi connectivity index (χ0n) is 8.21. The van der Waals surface area contributed by atoms with E-state index in [9.17, 15) is 5.11 Å². The molecule has 0 saturated carbocycles. The summed E-state index contributed by atoms with van der Waals surface area (Å²) in [5, 5.41) is 13.1. The molecule has 0 spiro atoms. The molecule has 2 nitrogen and oxygen atoms in total. The first-order chi connectivity index (χ1) is 5.70. The molecule has 0 amide bonds. The Morgan fingerprint density at radius 1 is 1.42 bits per heavy atom. The van der Waals surface area contributed by atoms with Crippen LogP contribution < -0.4 is 5.32 Å². The van der Waals surface area contributed by atoms with Gasteiger partial charge in [-0.05, 0) is 31.7 Å². The molecule has 1 aliphatic heterocycles. The number of hydrogen-bond acceptors (Lipinski definition) is 2. The first kappa shape index (κ1) is 10.0. The van der Waals surface area contributed by atoms with Crippen LogP contribution in [0.1, 0.15) is 39.5 Å². The summed E-state index contributed by atoms with van der Waals surface area (Å²) in [5.41, 5.74) is 0. The molecule has 1 aliphatic rings. The Morgan fingerprint density at radius 2 is 2.17 bits per heavy atom. The van der Waals surface area contributed by atoms with Gasteiger partial charge in [0.1, 0.15) is 0 Å². The van der Waals surface area contributed by atoms with Gasteiger partial charge >= 0.3 is 0 Å². The molecule has 0 aromatic heterocycles. The quantitative estimate of drug-likeness (QED) is 0.675. The second-order valence-electron chi connectivity index (χ2n) is 4.19. The topological polar surface area (TPSA) is 32.3 Å². The van der Waals surface area contributed by atoms with Crippen LogP contribution in [0.3, 0.4) is 0 Å². The zero-order valence-corrected chi connectivity index (χ0v) is 8.21. The Bertz CT molecular complexity index is 119. The predicted octanol–water partition coefficient (Wildman–Crippen LogP) is 1.54. The Morgan fingerprint density at radius 3 is 2.67 bits per heavy atom. The molecule has 0 radical (unpaired) electrons. The molecular formula is C10H21NO. The molecule has 12 heavy (non-hydrogen) atoms. The van der Waals surface area contributed by atoms with E-state index in [1.807, 2.05) is 0 Å². The van der Waals surface area contributed by atoms with E-state index in [0.717, 1.165) is 13.0 Å². The molecule has 2 atom stereocenters. The second-order valence-corrected chi connectivity index (χ2v) is 4.19. The highest BCUT2D eigenvalue weighted by Gasteiger charge is 2.18. The van der Waals surface area contributed by atoms with Gasteiger partial charge in [0.2, 0.25) is 0 Å². The maximum Gasteiger partial charge on any atom is 0.0577 e. The summed E-state index contributed by atoms with van der Waals surface area (Å²) in [5.74, 6) is 0.397. The number of nitrogens with one attached hydrogen (secondary N) is 1. The van der Waals surface area contributed by atoms with Gasteiger partial charge in [-0.2, -0.15) is 0 Å². The van der Waals surface area contributed by atoms with Crippen molar-refractivity contribution in [3.63, 3.8) is 0 Å². The highest BCUT2D eigenvalue weighted by atomic mass is 16.3. The largest absolute Gasteiger partial charge is 0.393 e. The summed E-state index contributed by atoms with van der Waals surface area (Å²) in [6, 6.07) is 0.566. The normalized spacial score (nSPS) is 27.5. The fraction of sp³-hybridized carbons (Fsp3) is 1.00. The number of piperidine rings is 1. The minimum absolute atomic E-state index is 0.124. The average molecular weight is 171 g/mol. The molecule has 1 heterocycles. The van der Waals surface area contributed by atoms with Gasteiger partial charge in [0.05, 0.1) is 6.10 Å². The minimum Gasteiger partial charge on any atom is -0.393 e. The summed E-state index contributed by atoms with van der Waals surface area (Å²) < 4.78 is 0. The van der Waals surface area contributed by atoms with Crippen LogP contribution in [0, 0.1) is 5.92 Å². The lowest BCUT2D eigenvalue weighted by Gasteiger charge is -2.26. The van der Waals surface area contributed by atoms with Crippen LogP contribution >= 0.6 is 0 Å². The van der Waals surface area contributed by atoms with Gasteiger partial charge in [-0.15, -0.1) is 0 Å². The fourth-order valence-electron chi connectivity index (χ4n) is 1.69. The molecule has 0 aliphatic carbocycles. The highest BCUT2D eigenvalue weighted by molar-refractivity contribution is 4.76. The monoisotopic (exact) mass is 171 g/mol. The third-order valence-electron chi connectivity index (χ3n) is 2.71. The number of aliphatic hydroxyl groups is 1. The van der Waals surface area contributed by atoms with Crippen molar-refractivity contribution in [3.05, 3.63) is 0 Å². The molecule has 0 aromatic rings. The summed E-state index contributed by atoms with van der Waals surface area (Å²) in [4.78, 5) is 0. The van der Waals surface area contributed by atoms with Gasteiger partial charge < -0.3 is 10.4 Å². The molecule has 0 aromatic carbocycles. The number of rotatable bonds is 3. The van der Waals surface area contributed by atoms with Crippen LogP contribution in [0.5, 0.6) is 0 Å². The second kappa shape index (κ2) is 4.83. The van der Waals surface area contributed by atoms with Gasteiger partial charge in [0.15, 0.2) is 0 Å². The number of hydrogen-bond donors (Lipinski definition) is 2. The molecule has 2 N–H and O–H groups in total. The van der Waals surface area contributed by atoms with E-state index in [-0.39, 0.29) is 6.10 Å². The summed E-state index contributed by atoms with van der Waals surface area (Å²) in [6.45, 7) is 5.29. The summed E-state index contributed by atoms with van der Waals surface area (Å²) in [7, 11) is 0. The molecule has 1 saturated heterocycles. The summed E-state index contributed by atoms with van der Waals surface area (Å²) >= 11 is 0. The van der Waals surface area contributed by atoms with Crippen LogP contribution in [-0.4, -0.2) is 23.8 Å². The van der Waals surface area contributed by atoms with Crippen molar-refractivity contribution >= 4 is 0 Å². The average Bonchev–Trinajstić information content (AvgIpc) is 2.06. The van der Waals surface area contributed by atoms with Crippen molar-refractivity contribution in [1.29, 1.82) is 0 Å². The van der Waals surface area contributed by atoms with Gasteiger partial charge in [0.25, 0.3) is 0 Å². The summed E-state index contributed by atoms with van der Waals surface area (Å²) in [6.07, 6.45) is 4.67. The van der Waals surface area contributed by atoms with Crippen molar-refractivity contribution in [3.8, 4) is 0 Å². The lowest BCUT2D eigenvalue weighted by molar-refractivity contribution is 0.0991. The maximum absolute atomic E-state index is 9.64. The fourth-order valence-corrected chi connectivity index (χ4v) is 1.69. The Labute approximate surface area is 75.4 Å². The first-order valence-electron chi connectivity index (χ1n) is 5.11. The smallest absolute Gasteiger partial charge is 0.0577 e. The SMILES string of the molecule is CC(C)C(O)CC1CCCCN1. The molecule has 2 unspecified atom stereocenters. The zero-order chi connectivity index (χ0) is 8.97. The lowest BCUT2D eigenvalue weighted by Crippen LogP contribution is -2.37. The predicted molar refractivity (Wildman–Crippen MR) is 51.1 cm³/mol. The van der Waals surface area contributed by atoms with Crippen molar-refractivity contribution in [2.24, 2.45) is 5.92 Å². The van der Waals surface area contributed by atoms with Gasteiger partial charge in [-0.1, -0.05) is 20.3 Å². The Balaban J connectivity index is 2.20. The highest BCUT2D eigenvalue weighted by Crippen LogP contribution is 2.15. The number of aliphatic hydroxyl groups excluding tert-OH is 1. The van der Waals surface area contributed by atoms with Crippen molar-refractivity contribution < 1.29 is 5.11 Å². The molecule has 2 heteroatoms. The van der Waals surface area contributed by atoms with E-state index >= 15 is 0 Å². The first-order valence-corrected chi connectivity index (χ1v) is 5.11. The van der Waals surface area contributed by atoms with Crippen LogP contribution in [0.25, 0.3) is 0 Å². The van der Waals surface area contributed by atoms with Crippen LogP contribution in [0.2, 0.25) is 0 Å². The van der Waals surface area contributed by atoms with Gasteiger partial charge in [0, 0.05) is 6.04 Å². The maximum atomic E-state index is 9.64. The van der Waals surface area contributed by atoms with Crippen molar-refractivity contribution in [2.45, 2.75) is 51.7 Å². The van der Waals surface area contributed by atoms with E-state index in [1.54, 1.807) is 0 Å². The van der Waals surface area contributed by atoms with Crippen LogP contribution in [-0.2, 0) is 0 Å². The van der Waals surface area contributed by atoms with E-state index in [0.29, 0.717) is 12.0 Å². The molecular weight excluding hydrogens is 150 g/mol. The van der Waals surface area contributed by atoms with Gasteiger partial charge in [-0.3, -0.25) is 0 Å². The van der Waals surface area contributed by atoms with Crippen LogP contribution in [0.15, 0.2) is 0 Å². The third kappa shape index (κ3) is 3.11. The Hall–Kier alpha value is -0.0800. The molecule has 0 bridgehead atoms.